The molecule has 0 saturated carbocycles. The fourth-order valence-electron chi connectivity index (χ4n) is 3.24. The third-order valence-corrected chi connectivity index (χ3v) is 5.47. The van der Waals surface area contributed by atoms with E-state index in [9.17, 15) is 4.79 Å². The Morgan fingerprint density at radius 1 is 1.25 bits per heavy atom. The number of carbonyl (C=O) groups excluding carboxylic acids is 1. The van der Waals surface area contributed by atoms with Gasteiger partial charge in [-0.3, -0.25) is 4.79 Å². The van der Waals surface area contributed by atoms with Crippen LogP contribution in [0, 0.1) is 0 Å². The van der Waals surface area contributed by atoms with Crippen molar-refractivity contribution in [2.75, 3.05) is 19.5 Å². The van der Waals surface area contributed by atoms with Crippen molar-refractivity contribution < 1.29 is 14.3 Å². The van der Waals surface area contributed by atoms with E-state index in [1.165, 1.54) is 11.3 Å². The number of hydrogen-bond acceptors (Lipinski definition) is 7. The number of nitrogens with zero attached hydrogens (tertiary/aromatic N) is 3. The van der Waals surface area contributed by atoms with E-state index in [0.29, 0.717) is 34.5 Å². The molecule has 1 amide bonds. The number of hydrogen-bond donors (Lipinski definition) is 2. The first kappa shape index (κ1) is 18.1. The van der Waals surface area contributed by atoms with Gasteiger partial charge in [-0.2, -0.15) is 4.98 Å². The average molecular weight is 397 g/mol. The summed E-state index contributed by atoms with van der Waals surface area (Å²) in [5.74, 6) is 1.81. The van der Waals surface area contributed by atoms with E-state index < -0.39 is 11.9 Å². The second kappa shape index (κ2) is 7.01. The number of amides is 1. The Morgan fingerprint density at radius 3 is 2.54 bits per heavy atom. The van der Waals surface area contributed by atoms with Crippen molar-refractivity contribution in [3.63, 3.8) is 0 Å². The first-order valence-corrected chi connectivity index (χ1v) is 9.40. The molecule has 9 heteroatoms. The number of allylic oxidation sites excluding steroid dienone is 1. The van der Waals surface area contributed by atoms with Crippen LogP contribution in [0.4, 0.5) is 5.95 Å². The van der Waals surface area contributed by atoms with Crippen molar-refractivity contribution in [1.29, 1.82) is 0 Å². The lowest BCUT2D eigenvalue weighted by Gasteiger charge is -2.26. The molecule has 1 atom stereocenters. The summed E-state index contributed by atoms with van der Waals surface area (Å²) in [5, 5.41) is 9.77. The fourth-order valence-corrected chi connectivity index (χ4v) is 4.06. The summed E-state index contributed by atoms with van der Waals surface area (Å²) in [5.41, 5.74) is 7.55. The third kappa shape index (κ3) is 2.99. The van der Waals surface area contributed by atoms with Crippen LogP contribution in [-0.4, -0.2) is 34.9 Å². The van der Waals surface area contributed by atoms with Crippen molar-refractivity contribution in [3.05, 3.63) is 51.9 Å². The van der Waals surface area contributed by atoms with E-state index in [0.717, 1.165) is 10.4 Å². The lowest BCUT2D eigenvalue weighted by molar-refractivity contribution is -0.115. The Kier molecular flexibility index (Phi) is 4.52. The Morgan fingerprint density at radius 2 is 1.96 bits per heavy atom. The van der Waals surface area contributed by atoms with Gasteiger partial charge in [-0.25, -0.2) is 4.68 Å². The molecule has 1 aliphatic heterocycles. The zero-order chi connectivity index (χ0) is 19.8. The molecule has 0 aliphatic carbocycles. The van der Waals surface area contributed by atoms with E-state index in [-0.39, 0.29) is 0 Å². The minimum Gasteiger partial charge on any atom is -0.497 e. The number of ether oxygens (including phenoxy) is 2. The summed E-state index contributed by atoms with van der Waals surface area (Å²) in [6, 6.07) is 8.90. The number of rotatable bonds is 5. The standard InChI is InChI=1S/C19H19N5O3S/c1-10-15(17(20)25)16(14-5-4-6-28-14)24-19(21-10)22-18(23-24)11-7-12(26-2)9-13(8-11)27-3/h4-9,16H,1-3H3,(H2,20,25)(H,21,22,23). The lowest BCUT2D eigenvalue weighted by Crippen LogP contribution is -2.31. The van der Waals surface area contributed by atoms with Crippen molar-refractivity contribution in [2.45, 2.75) is 13.0 Å². The molecule has 2 aromatic heterocycles. The maximum atomic E-state index is 12.2. The molecule has 0 bridgehead atoms. The van der Waals surface area contributed by atoms with Gasteiger partial charge in [0.15, 0.2) is 5.82 Å². The van der Waals surface area contributed by atoms with Gasteiger partial charge in [0.1, 0.15) is 17.5 Å². The van der Waals surface area contributed by atoms with E-state index in [1.54, 1.807) is 25.0 Å². The highest BCUT2D eigenvalue weighted by Gasteiger charge is 2.34. The Labute approximate surface area is 165 Å². The van der Waals surface area contributed by atoms with Gasteiger partial charge in [0.2, 0.25) is 11.9 Å². The molecule has 0 saturated heterocycles. The molecule has 1 aliphatic rings. The number of nitrogens with two attached hydrogens (primary N) is 1. The lowest BCUT2D eigenvalue weighted by atomic mass is 10.0. The molecular formula is C19H19N5O3S. The van der Waals surface area contributed by atoms with Crippen LogP contribution in [0.25, 0.3) is 11.4 Å². The Hall–Kier alpha value is -3.33. The summed E-state index contributed by atoms with van der Waals surface area (Å²) in [6.45, 7) is 1.81. The van der Waals surface area contributed by atoms with Crippen molar-refractivity contribution >= 4 is 23.2 Å². The molecule has 144 valence electrons. The molecule has 1 aromatic carbocycles. The first-order valence-electron chi connectivity index (χ1n) is 8.52. The summed E-state index contributed by atoms with van der Waals surface area (Å²) < 4.78 is 12.4. The average Bonchev–Trinajstić information content (AvgIpc) is 3.35. The van der Waals surface area contributed by atoms with Crippen molar-refractivity contribution in [2.24, 2.45) is 5.73 Å². The van der Waals surface area contributed by atoms with Crippen LogP contribution >= 0.6 is 11.3 Å². The predicted octanol–water partition coefficient (Wildman–Crippen LogP) is 2.80. The van der Waals surface area contributed by atoms with Crippen LogP contribution in [0.3, 0.4) is 0 Å². The number of nitrogens with one attached hydrogen (secondary N) is 1. The summed E-state index contributed by atoms with van der Waals surface area (Å²) in [6.07, 6.45) is 0. The van der Waals surface area contributed by atoms with Gasteiger partial charge in [-0.1, -0.05) is 6.07 Å². The van der Waals surface area contributed by atoms with Gasteiger partial charge in [0.25, 0.3) is 0 Å². The topological polar surface area (TPSA) is 104 Å². The third-order valence-electron chi connectivity index (χ3n) is 4.54. The molecule has 4 rings (SSSR count). The quantitative estimate of drug-likeness (QED) is 0.686. The Bertz CT molecular complexity index is 1050. The second-order valence-corrected chi connectivity index (χ2v) is 7.23. The van der Waals surface area contributed by atoms with Gasteiger partial charge in [-0.15, -0.1) is 16.4 Å². The number of anilines is 1. The molecule has 3 N–H and O–H groups in total. The summed E-state index contributed by atoms with van der Waals surface area (Å²) in [4.78, 5) is 17.7. The smallest absolute Gasteiger partial charge is 0.248 e. The molecule has 1 unspecified atom stereocenters. The maximum absolute atomic E-state index is 12.2. The predicted molar refractivity (Wildman–Crippen MR) is 107 cm³/mol. The number of benzene rings is 1. The highest BCUT2D eigenvalue weighted by atomic mass is 32.1. The molecule has 0 fully saturated rings. The zero-order valence-electron chi connectivity index (χ0n) is 15.6. The van der Waals surface area contributed by atoms with Crippen LogP contribution in [0.1, 0.15) is 17.8 Å². The van der Waals surface area contributed by atoms with Crippen LogP contribution in [0.5, 0.6) is 11.5 Å². The second-order valence-electron chi connectivity index (χ2n) is 6.25. The minimum absolute atomic E-state index is 0.428. The van der Waals surface area contributed by atoms with Crippen molar-refractivity contribution in [3.8, 4) is 22.9 Å². The number of methoxy groups -OCH3 is 2. The zero-order valence-corrected chi connectivity index (χ0v) is 16.4. The molecular weight excluding hydrogens is 378 g/mol. The van der Waals surface area contributed by atoms with Gasteiger partial charge < -0.3 is 20.5 Å². The largest absolute Gasteiger partial charge is 0.497 e. The molecule has 3 heterocycles. The van der Waals surface area contributed by atoms with E-state index in [1.807, 2.05) is 36.6 Å². The van der Waals surface area contributed by atoms with Crippen molar-refractivity contribution in [1.82, 2.24) is 14.8 Å². The molecule has 28 heavy (non-hydrogen) atoms. The highest BCUT2D eigenvalue weighted by molar-refractivity contribution is 7.10. The SMILES string of the molecule is COc1cc(OC)cc(-c2nc3n(n2)C(c2cccs2)C(C(N)=O)=C(C)N3)c1. The monoisotopic (exact) mass is 397 g/mol. The van der Waals surface area contributed by atoms with E-state index in [4.69, 9.17) is 15.2 Å². The van der Waals surface area contributed by atoms with Crippen LogP contribution in [0.15, 0.2) is 47.0 Å². The highest BCUT2D eigenvalue weighted by Crippen LogP contribution is 2.38. The minimum atomic E-state index is -0.492. The number of carbonyl (C=O) groups is 1. The number of fused-ring (bicyclic) bond motifs is 1. The normalized spacial score (nSPS) is 15.8. The van der Waals surface area contributed by atoms with Gasteiger partial charge in [-0.05, 0) is 30.5 Å². The number of primary amides is 1. The molecule has 8 nitrogen and oxygen atoms in total. The Balaban J connectivity index is 1.86. The van der Waals surface area contributed by atoms with Gasteiger partial charge >= 0.3 is 0 Å². The molecule has 3 aromatic rings. The van der Waals surface area contributed by atoms with Gasteiger partial charge in [0.05, 0.1) is 19.8 Å². The number of thiophene rings is 1. The molecule has 0 radical (unpaired) electrons. The first-order chi connectivity index (χ1) is 13.5. The maximum Gasteiger partial charge on any atom is 0.248 e. The van der Waals surface area contributed by atoms with E-state index >= 15 is 0 Å². The number of aromatic nitrogens is 3. The summed E-state index contributed by atoms with van der Waals surface area (Å²) in [7, 11) is 3.18. The van der Waals surface area contributed by atoms with Crippen LogP contribution in [0.2, 0.25) is 0 Å². The fraction of sp³-hybridized carbons (Fsp3) is 0.211. The van der Waals surface area contributed by atoms with Crippen LogP contribution < -0.4 is 20.5 Å². The summed E-state index contributed by atoms with van der Waals surface area (Å²) >= 11 is 1.54. The van der Waals surface area contributed by atoms with Gasteiger partial charge in [0, 0.05) is 22.2 Å². The molecule has 0 spiro atoms. The van der Waals surface area contributed by atoms with E-state index in [2.05, 4.69) is 15.4 Å². The van der Waals surface area contributed by atoms with Crippen LogP contribution in [-0.2, 0) is 4.79 Å².